The van der Waals surface area contributed by atoms with Crippen molar-refractivity contribution in [3.05, 3.63) is 47.1 Å². The van der Waals surface area contributed by atoms with Crippen LogP contribution in [0, 0.1) is 6.57 Å². The van der Waals surface area contributed by atoms with E-state index in [9.17, 15) is 0 Å². The fraction of sp³-hybridized carbons (Fsp3) is 0.0769. The van der Waals surface area contributed by atoms with Crippen LogP contribution in [0.1, 0.15) is 5.56 Å². The largest absolute Gasteiger partial charge is 0.534 e. The summed E-state index contributed by atoms with van der Waals surface area (Å²) in [5.41, 5.74) is 2.43. The van der Waals surface area contributed by atoms with E-state index in [0.717, 1.165) is 11.1 Å². The summed E-state index contributed by atoms with van der Waals surface area (Å²) in [6, 6.07) is 10.0. The Morgan fingerprint density at radius 3 is 2.84 bits per heavy atom. The van der Waals surface area contributed by atoms with Crippen molar-refractivity contribution >= 4 is 22.9 Å². The first-order valence-electron chi connectivity index (χ1n) is 5.76. The van der Waals surface area contributed by atoms with Crippen LogP contribution in [0.25, 0.3) is 16.0 Å². The molecule has 2 N–H and O–H groups in total. The molecule has 3 rings (SSSR count). The minimum Gasteiger partial charge on any atom is -0.350 e. The number of anilines is 1. The van der Waals surface area contributed by atoms with Crippen LogP contribution in [0.3, 0.4) is 0 Å². The van der Waals surface area contributed by atoms with Gasteiger partial charge in [-0.25, -0.2) is 4.98 Å². The second kappa shape index (κ2) is 4.74. The number of nitrogens with zero attached hydrogens (tertiary/aromatic N) is 4. The number of benzene rings is 1. The lowest BCUT2D eigenvalue weighted by Crippen LogP contribution is -2.02. The Hall–Kier alpha value is -2.94. The number of rotatable bonds is 3. The number of imidazole rings is 1. The van der Waals surface area contributed by atoms with Gasteiger partial charge in [-0.05, 0) is 15.5 Å². The van der Waals surface area contributed by atoms with E-state index in [1.807, 2.05) is 30.3 Å². The Bertz CT molecular complexity index is 741. The minimum absolute atomic E-state index is 0.204. The van der Waals surface area contributed by atoms with Crippen LogP contribution in [-0.2, 0) is 6.54 Å². The predicted molar refractivity (Wildman–Crippen MR) is 73.4 cm³/mol. The molecule has 2 aromatic heterocycles. The van der Waals surface area contributed by atoms with Crippen molar-refractivity contribution in [3.63, 3.8) is 0 Å². The second-order valence-corrected chi connectivity index (χ2v) is 3.94. The van der Waals surface area contributed by atoms with Crippen molar-refractivity contribution in [2.75, 3.05) is 5.32 Å². The Morgan fingerprint density at radius 2 is 2.05 bits per heavy atom. The van der Waals surface area contributed by atoms with Crippen LogP contribution < -0.4 is 5.32 Å². The molecular weight excluding hydrogens is 240 g/mol. The Balaban J connectivity index is 1.92. The van der Waals surface area contributed by atoms with Crippen molar-refractivity contribution < 1.29 is 0 Å². The average molecular weight is 251 g/mol. The summed E-state index contributed by atoms with van der Waals surface area (Å²) in [7, 11) is 0. The number of fused-ring (bicyclic) bond motifs is 1. The van der Waals surface area contributed by atoms with Gasteiger partial charge in [0.1, 0.15) is 6.57 Å². The van der Waals surface area contributed by atoms with Gasteiger partial charge in [-0.2, -0.15) is 4.85 Å². The van der Waals surface area contributed by atoms with Gasteiger partial charge in [0.05, 0.1) is 6.33 Å². The van der Waals surface area contributed by atoms with E-state index < -0.39 is 0 Å². The van der Waals surface area contributed by atoms with Crippen LogP contribution in [0.2, 0.25) is 0 Å². The van der Waals surface area contributed by atoms with Crippen LogP contribution in [0.4, 0.5) is 11.8 Å². The molecule has 0 unspecified atom stereocenters. The third kappa shape index (κ3) is 2.21. The van der Waals surface area contributed by atoms with Crippen molar-refractivity contribution in [3.8, 4) is 6.57 Å². The molecule has 0 aliphatic heterocycles. The summed E-state index contributed by atoms with van der Waals surface area (Å²) in [6.45, 7) is 5.87. The number of H-pyrrole nitrogens is 1. The number of aromatic nitrogens is 4. The maximum absolute atomic E-state index is 5.22. The van der Waals surface area contributed by atoms with Gasteiger partial charge in [-0.1, -0.05) is 30.3 Å². The molecule has 0 saturated carbocycles. The highest BCUT2D eigenvalue weighted by molar-refractivity contribution is 5.83. The zero-order chi connectivity index (χ0) is 13.1. The first-order chi connectivity index (χ1) is 9.36. The van der Waals surface area contributed by atoms with Crippen molar-refractivity contribution in [1.82, 2.24) is 19.9 Å². The number of hydrogen-bond donors (Lipinski definition) is 2. The lowest BCUT2D eigenvalue weighted by atomic mass is 10.2. The summed E-state index contributed by atoms with van der Waals surface area (Å²) >= 11 is 0. The van der Waals surface area contributed by atoms with E-state index in [2.05, 4.69) is 30.1 Å². The predicted octanol–water partition coefficient (Wildman–Crippen LogP) is 2.56. The molecule has 0 fully saturated rings. The first kappa shape index (κ1) is 11.2. The third-order valence-corrected chi connectivity index (χ3v) is 2.69. The highest BCUT2D eigenvalue weighted by atomic mass is 15.1. The summed E-state index contributed by atoms with van der Waals surface area (Å²) in [4.78, 5) is 18.9. The van der Waals surface area contributed by atoms with Gasteiger partial charge >= 0.3 is 5.95 Å². The summed E-state index contributed by atoms with van der Waals surface area (Å²) < 4.78 is 0. The molecule has 0 amide bonds. The smallest absolute Gasteiger partial charge is 0.350 e. The van der Waals surface area contributed by atoms with E-state index in [1.165, 1.54) is 0 Å². The lowest BCUT2D eigenvalue weighted by molar-refractivity contribution is 1.11. The molecule has 0 saturated heterocycles. The molecule has 0 atom stereocenters. The summed E-state index contributed by atoms with van der Waals surface area (Å²) in [5, 5.41) is 3.23. The zero-order valence-corrected chi connectivity index (χ0v) is 10.0. The number of hydrogen-bond acceptors (Lipinski definition) is 4. The molecule has 0 radical (unpaired) electrons. The van der Waals surface area contributed by atoms with Gasteiger partial charge in [0.15, 0.2) is 5.52 Å². The standard InChI is InChI=1S/C13H11N6/c1-14-13-18-11(10-12(19-13)17-8-16-10)15-7-9-5-3-2-4-6-9/h1-6,8H,7H2,(H2,15,16,17,18,19)/q+1. The maximum Gasteiger partial charge on any atom is 0.534 e. The highest BCUT2D eigenvalue weighted by Gasteiger charge is 2.17. The molecule has 0 spiro atoms. The molecule has 0 aliphatic rings. The zero-order valence-electron chi connectivity index (χ0n) is 10.0. The lowest BCUT2D eigenvalue weighted by Gasteiger charge is -2.02. The van der Waals surface area contributed by atoms with Crippen LogP contribution in [-0.4, -0.2) is 19.9 Å². The van der Waals surface area contributed by atoms with Crippen LogP contribution in [0.5, 0.6) is 0 Å². The average Bonchev–Trinajstić information content (AvgIpc) is 2.94. The Labute approximate surface area is 109 Å². The molecule has 2 heterocycles. The van der Waals surface area contributed by atoms with Gasteiger partial charge < -0.3 is 10.3 Å². The van der Waals surface area contributed by atoms with Crippen LogP contribution >= 0.6 is 0 Å². The minimum atomic E-state index is 0.204. The van der Waals surface area contributed by atoms with E-state index in [4.69, 9.17) is 6.57 Å². The second-order valence-electron chi connectivity index (χ2n) is 3.94. The van der Waals surface area contributed by atoms with E-state index >= 15 is 0 Å². The first-order valence-corrected chi connectivity index (χ1v) is 5.76. The molecule has 3 aromatic rings. The SMILES string of the molecule is C#[N+]c1nc(NCc2ccccc2)c2[nH]cnc2n1. The Kier molecular flexibility index (Phi) is 2.79. The molecule has 0 bridgehead atoms. The summed E-state index contributed by atoms with van der Waals surface area (Å²) in [5.74, 6) is 0.839. The maximum atomic E-state index is 5.22. The molecule has 6 nitrogen and oxygen atoms in total. The topological polar surface area (TPSA) is 70.8 Å². The van der Waals surface area contributed by atoms with Gasteiger partial charge in [0.2, 0.25) is 5.82 Å². The third-order valence-electron chi connectivity index (χ3n) is 2.69. The number of aromatic amines is 1. The molecule has 19 heavy (non-hydrogen) atoms. The van der Waals surface area contributed by atoms with Crippen LogP contribution in [0.15, 0.2) is 36.7 Å². The van der Waals surface area contributed by atoms with Crippen molar-refractivity contribution in [1.29, 1.82) is 0 Å². The van der Waals surface area contributed by atoms with Crippen molar-refractivity contribution in [2.45, 2.75) is 6.54 Å². The fourth-order valence-corrected chi connectivity index (χ4v) is 1.79. The summed E-state index contributed by atoms with van der Waals surface area (Å²) in [6.07, 6.45) is 1.56. The molecule has 1 aromatic carbocycles. The van der Waals surface area contributed by atoms with E-state index in [-0.39, 0.29) is 5.95 Å². The fourth-order valence-electron chi connectivity index (χ4n) is 1.79. The normalized spacial score (nSPS) is 10.3. The van der Waals surface area contributed by atoms with Gasteiger partial charge in [0.25, 0.3) is 5.65 Å². The quantitative estimate of drug-likeness (QED) is 0.750. The highest BCUT2D eigenvalue weighted by Crippen LogP contribution is 2.20. The van der Waals surface area contributed by atoms with E-state index in [0.29, 0.717) is 18.0 Å². The van der Waals surface area contributed by atoms with Gasteiger partial charge in [0, 0.05) is 6.54 Å². The molecule has 6 heteroatoms. The Morgan fingerprint density at radius 1 is 1.21 bits per heavy atom. The number of nitrogens with one attached hydrogen (secondary N) is 2. The molecular formula is C13H11N6+. The van der Waals surface area contributed by atoms with Gasteiger partial charge in [-0.15, -0.1) is 0 Å². The molecule has 92 valence electrons. The monoisotopic (exact) mass is 251 g/mol. The van der Waals surface area contributed by atoms with Gasteiger partial charge in [-0.3, -0.25) is 0 Å². The molecule has 0 aliphatic carbocycles. The van der Waals surface area contributed by atoms with Crippen molar-refractivity contribution in [2.24, 2.45) is 0 Å². The van der Waals surface area contributed by atoms with E-state index in [1.54, 1.807) is 6.33 Å².